The summed E-state index contributed by atoms with van der Waals surface area (Å²) in [6.07, 6.45) is 25.0. The van der Waals surface area contributed by atoms with Crippen molar-refractivity contribution in [2.45, 2.75) is 222 Å². The molecule has 6 aliphatic rings. The van der Waals surface area contributed by atoms with Crippen LogP contribution in [0.2, 0.25) is 0 Å². The highest BCUT2D eigenvalue weighted by atomic mass is 16.7. The first-order valence-electron chi connectivity index (χ1n) is 23.7. The molecular formula is C45H78N6O8. The number of esters is 1. The Morgan fingerprint density at radius 1 is 0.949 bits per heavy atom. The zero-order valence-corrected chi connectivity index (χ0v) is 36.3. The summed E-state index contributed by atoms with van der Waals surface area (Å²) in [7, 11) is 0. The van der Waals surface area contributed by atoms with Gasteiger partial charge in [0, 0.05) is 25.4 Å². The molecule has 6 rings (SSSR count). The summed E-state index contributed by atoms with van der Waals surface area (Å²) in [5.41, 5.74) is 9.93. The van der Waals surface area contributed by atoms with Gasteiger partial charge in [0.2, 0.25) is 5.79 Å². The molecule has 0 bridgehead atoms. The van der Waals surface area contributed by atoms with E-state index in [1.54, 1.807) is 0 Å². The van der Waals surface area contributed by atoms with Crippen molar-refractivity contribution >= 4 is 17.8 Å². The molecule has 4 saturated heterocycles. The number of nitrogens with one attached hydrogen (secondary N) is 1. The molecule has 10 unspecified atom stereocenters. The predicted molar refractivity (Wildman–Crippen MR) is 227 cm³/mol. The number of hydrogen-bond donors (Lipinski definition) is 5. The molecule has 0 aromatic carbocycles. The highest BCUT2D eigenvalue weighted by Crippen LogP contribution is 2.50. The second kappa shape index (κ2) is 21.6. The molecule has 7 N–H and O–H groups in total. The van der Waals surface area contributed by atoms with Gasteiger partial charge in [-0.2, -0.15) is 0 Å². The number of unbranched alkanes of at least 4 members (excludes halogenated alkanes) is 11. The standard InChI is InChI=1S/C45H78N6O8/c1-3-35-21-15-16-25-43(58-35)32-34-23-24-36-38(44(26-18-20-33(2)57-44)49-42(48-43)51(34)36)40(53)56-31-17-13-11-9-7-5-4-6-8-10-12-14-22-37-39(52)50(30-19-28-46)41(54)45(55,59-37)27-29-47/h15,21,33-38,41,54-55H,3-14,16-20,22-32,46-47H2,1-2H3,(H,48,49). The molecule has 0 saturated carbocycles. The normalized spacial score (nSPS) is 35.5. The number of rotatable bonds is 22. The maximum absolute atomic E-state index is 14.1. The maximum Gasteiger partial charge on any atom is 0.316 e. The fourth-order valence-corrected chi connectivity index (χ4v) is 10.7. The quantitative estimate of drug-likeness (QED) is 0.0526. The number of ether oxygens (including phenoxy) is 4. The van der Waals surface area contributed by atoms with Crippen molar-refractivity contribution < 1.29 is 38.7 Å². The Bertz CT molecular complexity index is 1420. The Morgan fingerprint density at radius 2 is 1.66 bits per heavy atom. The van der Waals surface area contributed by atoms with Gasteiger partial charge < -0.3 is 55.7 Å². The molecular weight excluding hydrogens is 753 g/mol. The molecule has 0 aromatic heterocycles. The van der Waals surface area contributed by atoms with Gasteiger partial charge in [0.25, 0.3) is 5.91 Å². The van der Waals surface area contributed by atoms with Crippen molar-refractivity contribution in [2.24, 2.45) is 22.4 Å². The van der Waals surface area contributed by atoms with Crippen molar-refractivity contribution in [3.63, 3.8) is 0 Å². The van der Waals surface area contributed by atoms with E-state index in [1.807, 2.05) is 0 Å². The van der Waals surface area contributed by atoms with E-state index in [2.05, 4.69) is 36.2 Å². The van der Waals surface area contributed by atoms with E-state index in [-0.39, 0.29) is 55.7 Å². The van der Waals surface area contributed by atoms with Crippen LogP contribution in [-0.2, 0) is 28.5 Å². The molecule has 0 radical (unpaired) electrons. The number of morpholine rings is 1. The van der Waals surface area contributed by atoms with Crippen LogP contribution in [-0.4, -0.2) is 118 Å². The summed E-state index contributed by atoms with van der Waals surface area (Å²) in [6, 6.07) is 0.299. The summed E-state index contributed by atoms with van der Waals surface area (Å²) >= 11 is 0. The van der Waals surface area contributed by atoms with Gasteiger partial charge in [-0.15, -0.1) is 0 Å². The maximum atomic E-state index is 14.1. The van der Waals surface area contributed by atoms with Crippen LogP contribution in [0.15, 0.2) is 17.1 Å². The van der Waals surface area contributed by atoms with Gasteiger partial charge in [-0.3, -0.25) is 9.59 Å². The first-order valence-corrected chi connectivity index (χ1v) is 23.7. The van der Waals surface area contributed by atoms with E-state index in [9.17, 15) is 19.8 Å². The Balaban J connectivity index is 0.855. The minimum absolute atomic E-state index is 0.0151. The molecule has 0 aliphatic carbocycles. The fourth-order valence-electron chi connectivity index (χ4n) is 10.7. The monoisotopic (exact) mass is 831 g/mol. The van der Waals surface area contributed by atoms with Crippen molar-refractivity contribution in [3.8, 4) is 0 Å². The van der Waals surface area contributed by atoms with Crippen LogP contribution >= 0.6 is 0 Å². The largest absolute Gasteiger partial charge is 0.465 e. The average Bonchev–Trinajstić information content (AvgIpc) is 3.52. The van der Waals surface area contributed by atoms with Crippen LogP contribution in [0, 0.1) is 5.92 Å². The Kier molecular flexibility index (Phi) is 16.9. The average molecular weight is 831 g/mol. The number of amides is 1. The molecule has 4 fully saturated rings. The molecule has 1 amide bonds. The number of aliphatic imine (C=N–C) groups is 1. The molecule has 10 atom stereocenters. The van der Waals surface area contributed by atoms with Gasteiger partial charge in [0.05, 0.1) is 24.9 Å². The molecule has 2 spiro atoms. The molecule has 14 nitrogen and oxygen atoms in total. The summed E-state index contributed by atoms with van der Waals surface area (Å²) in [4.78, 5) is 36.1. The van der Waals surface area contributed by atoms with Gasteiger partial charge in [-0.25, -0.2) is 4.99 Å². The van der Waals surface area contributed by atoms with Crippen LogP contribution in [0.5, 0.6) is 0 Å². The van der Waals surface area contributed by atoms with Gasteiger partial charge in [0.15, 0.2) is 17.9 Å². The number of nitrogens with two attached hydrogens (primary N) is 2. The van der Waals surface area contributed by atoms with Crippen LogP contribution in [0.25, 0.3) is 0 Å². The summed E-state index contributed by atoms with van der Waals surface area (Å²) in [6.45, 7) is 5.53. The SMILES string of the molecule is CCC1C=CCCC2(CC3CCC4C(C(=O)OCCCCCCCCCCCCCCC5OC(O)(CCN)C(O)N(CCCN)C5=O)C5(CCCC(C)O5)N=C(N2)N34)O1. The molecule has 0 aromatic rings. The van der Waals surface area contributed by atoms with Crippen LogP contribution in [0.3, 0.4) is 0 Å². The minimum atomic E-state index is -1.85. The Hall–Kier alpha value is -2.33. The number of aliphatic hydroxyl groups excluding tert-OH is 1. The van der Waals surface area contributed by atoms with E-state index in [0.29, 0.717) is 26.0 Å². The first-order chi connectivity index (χ1) is 28.6. The zero-order chi connectivity index (χ0) is 41.9. The lowest BCUT2D eigenvalue weighted by atomic mass is 9.80. The van der Waals surface area contributed by atoms with Gasteiger partial charge in [-0.1, -0.05) is 89.7 Å². The second-order valence-corrected chi connectivity index (χ2v) is 18.4. The van der Waals surface area contributed by atoms with Gasteiger partial charge in [-0.05, 0) is 90.6 Å². The zero-order valence-electron chi connectivity index (χ0n) is 36.3. The van der Waals surface area contributed by atoms with Crippen molar-refractivity contribution in [1.29, 1.82) is 0 Å². The third kappa shape index (κ3) is 11.2. The number of carbonyl (C=O) groups excluding carboxylic acids is 2. The van der Waals surface area contributed by atoms with Crippen molar-refractivity contribution in [2.75, 3.05) is 26.2 Å². The smallest absolute Gasteiger partial charge is 0.316 e. The summed E-state index contributed by atoms with van der Waals surface area (Å²) in [5, 5.41) is 25.3. The Labute approximate surface area is 353 Å². The highest BCUT2D eigenvalue weighted by Gasteiger charge is 2.62. The Morgan fingerprint density at radius 3 is 2.34 bits per heavy atom. The lowest BCUT2D eigenvalue weighted by Crippen LogP contribution is -2.71. The topological polar surface area (TPSA) is 194 Å². The third-order valence-electron chi connectivity index (χ3n) is 13.8. The number of aliphatic hydroxyl groups is 2. The van der Waals surface area contributed by atoms with E-state index >= 15 is 0 Å². The molecule has 59 heavy (non-hydrogen) atoms. The molecule has 6 aliphatic heterocycles. The van der Waals surface area contributed by atoms with E-state index in [1.165, 1.54) is 37.0 Å². The lowest BCUT2D eigenvalue weighted by Gasteiger charge is -2.55. The van der Waals surface area contributed by atoms with Crippen LogP contribution in [0.1, 0.15) is 168 Å². The van der Waals surface area contributed by atoms with Crippen molar-refractivity contribution in [1.82, 2.24) is 15.1 Å². The summed E-state index contributed by atoms with van der Waals surface area (Å²) in [5.74, 6) is -1.87. The summed E-state index contributed by atoms with van der Waals surface area (Å²) < 4.78 is 25.3. The van der Waals surface area contributed by atoms with E-state index in [0.717, 1.165) is 109 Å². The highest BCUT2D eigenvalue weighted by molar-refractivity contribution is 5.87. The number of nitrogens with zero attached hydrogens (tertiary/aromatic N) is 3. The number of allylic oxidation sites excluding steroid dienone is 1. The lowest BCUT2D eigenvalue weighted by molar-refractivity contribution is -0.325. The number of hydrogen-bond acceptors (Lipinski definition) is 13. The van der Waals surface area contributed by atoms with Crippen molar-refractivity contribution in [3.05, 3.63) is 12.2 Å². The number of guanidine groups is 1. The fraction of sp³-hybridized carbons (Fsp3) is 0.889. The van der Waals surface area contributed by atoms with Gasteiger partial charge >= 0.3 is 5.97 Å². The van der Waals surface area contributed by atoms with E-state index < -0.39 is 35.5 Å². The third-order valence-corrected chi connectivity index (χ3v) is 13.8. The van der Waals surface area contributed by atoms with Crippen LogP contribution < -0.4 is 16.8 Å². The minimum Gasteiger partial charge on any atom is -0.465 e. The molecule has 336 valence electrons. The first kappa shape index (κ1) is 46.2. The molecule has 6 heterocycles. The second-order valence-electron chi connectivity index (χ2n) is 18.4. The number of carbonyl (C=O) groups is 2. The van der Waals surface area contributed by atoms with Gasteiger partial charge in [0.1, 0.15) is 17.7 Å². The van der Waals surface area contributed by atoms with Crippen LogP contribution in [0.4, 0.5) is 0 Å². The molecule has 14 heteroatoms. The van der Waals surface area contributed by atoms with E-state index in [4.69, 9.17) is 35.4 Å². The predicted octanol–water partition coefficient (Wildman–Crippen LogP) is 5.47.